The van der Waals surface area contributed by atoms with Crippen molar-refractivity contribution in [2.75, 3.05) is 11.9 Å². The first-order chi connectivity index (χ1) is 10.7. The van der Waals surface area contributed by atoms with E-state index in [0.29, 0.717) is 12.2 Å². The number of carbonyl (C=O) groups is 1. The van der Waals surface area contributed by atoms with Crippen molar-refractivity contribution >= 4 is 22.4 Å². The van der Waals surface area contributed by atoms with Gasteiger partial charge in [-0.25, -0.2) is 4.39 Å². The summed E-state index contributed by atoms with van der Waals surface area (Å²) in [6.07, 6.45) is 2.78. The number of benzene rings is 2. The SMILES string of the molecule is CC(=O)c1c(F)cccc1NCCc1c[nH]c2ccccc12. The number of H-pyrrole nitrogens is 1. The second kappa shape index (κ2) is 6.02. The van der Waals surface area contributed by atoms with Gasteiger partial charge in [-0.1, -0.05) is 24.3 Å². The summed E-state index contributed by atoms with van der Waals surface area (Å²) in [5.74, 6) is -0.753. The second-order valence-corrected chi connectivity index (χ2v) is 5.25. The molecule has 0 saturated heterocycles. The van der Waals surface area contributed by atoms with Crippen LogP contribution in [0.2, 0.25) is 0 Å². The fraction of sp³-hybridized carbons (Fsp3) is 0.167. The van der Waals surface area contributed by atoms with Crippen LogP contribution in [0.15, 0.2) is 48.7 Å². The van der Waals surface area contributed by atoms with Gasteiger partial charge in [0.2, 0.25) is 0 Å². The predicted molar refractivity (Wildman–Crippen MR) is 86.9 cm³/mol. The standard InChI is InChI=1S/C18H17FN2O/c1-12(22)18-15(19)6-4-8-17(18)20-10-9-13-11-21-16-7-3-2-5-14(13)16/h2-8,11,20-21H,9-10H2,1H3. The van der Waals surface area contributed by atoms with Crippen molar-refractivity contribution in [3.05, 3.63) is 65.6 Å². The zero-order valence-electron chi connectivity index (χ0n) is 12.3. The van der Waals surface area contributed by atoms with Gasteiger partial charge in [0.25, 0.3) is 0 Å². The van der Waals surface area contributed by atoms with E-state index >= 15 is 0 Å². The normalized spacial score (nSPS) is 10.8. The summed E-state index contributed by atoms with van der Waals surface area (Å²) in [5.41, 5.74) is 2.98. The van der Waals surface area contributed by atoms with Crippen molar-refractivity contribution in [1.29, 1.82) is 0 Å². The molecule has 1 heterocycles. The molecule has 0 radical (unpaired) electrons. The molecule has 2 aromatic carbocycles. The summed E-state index contributed by atoms with van der Waals surface area (Å²) in [6, 6.07) is 12.8. The molecule has 0 spiro atoms. The molecule has 3 aromatic rings. The molecule has 0 aliphatic carbocycles. The van der Waals surface area contributed by atoms with Crippen LogP contribution in [0, 0.1) is 5.82 Å². The fourth-order valence-electron chi connectivity index (χ4n) is 2.70. The maximum Gasteiger partial charge on any atom is 0.164 e. The lowest BCUT2D eigenvalue weighted by molar-refractivity contribution is 0.101. The molecular weight excluding hydrogens is 279 g/mol. The van der Waals surface area contributed by atoms with Gasteiger partial charge in [0.05, 0.1) is 5.56 Å². The van der Waals surface area contributed by atoms with Gasteiger partial charge < -0.3 is 10.3 Å². The van der Waals surface area contributed by atoms with E-state index in [1.807, 2.05) is 24.4 Å². The number of halogens is 1. The highest BCUT2D eigenvalue weighted by molar-refractivity contribution is 5.99. The lowest BCUT2D eigenvalue weighted by Gasteiger charge is -2.10. The summed E-state index contributed by atoms with van der Waals surface area (Å²) < 4.78 is 13.7. The Morgan fingerprint density at radius 3 is 2.82 bits per heavy atom. The number of nitrogens with one attached hydrogen (secondary N) is 2. The van der Waals surface area contributed by atoms with Crippen LogP contribution in [0.3, 0.4) is 0 Å². The number of hydrogen-bond acceptors (Lipinski definition) is 2. The van der Waals surface area contributed by atoms with Crippen molar-refractivity contribution in [3.8, 4) is 0 Å². The number of hydrogen-bond donors (Lipinski definition) is 2. The van der Waals surface area contributed by atoms with Crippen LogP contribution in [0.1, 0.15) is 22.8 Å². The molecule has 0 bridgehead atoms. The second-order valence-electron chi connectivity index (χ2n) is 5.25. The molecule has 3 rings (SSSR count). The Hall–Kier alpha value is -2.62. The van der Waals surface area contributed by atoms with Crippen LogP contribution >= 0.6 is 0 Å². The average molecular weight is 296 g/mol. The van der Waals surface area contributed by atoms with Crippen molar-refractivity contribution < 1.29 is 9.18 Å². The zero-order chi connectivity index (χ0) is 15.5. The van der Waals surface area contributed by atoms with Gasteiger partial charge in [-0.3, -0.25) is 4.79 Å². The number of aromatic nitrogens is 1. The van der Waals surface area contributed by atoms with Gasteiger partial charge in [0.15, 0.2) is 5.78 Å². The van der Waals surface area contributed by atoms with Gasteiger partial charge in [0, 0.05) is 29.3 Å². The van der Waals surface area contributed by atoms with Crippen LogP contribution < -0.4 is 5.32 Å². The highest BCUT2D eigenvalue weighted by Gasteiger charge is 2.12. The lowest BCUT2D eigenvalue weighted by atomic mass is 10.1. The van der Waals surface area contributed by atoms with Crippen LogP contribution in [0.5, 0.6) is 0 Å². The molecule has 0 saturated carbocycles. The molecule has 2 N–H and O–H groups in total. The van der Waals surface area contributed by atoms with Gasteiger partial charge in [0.1, 0.15) is 5.82 Å². The number of fused-ring (bicyclic) bond motifs is 1. The smallest absolute Gasteiger partial charge is 0.164 e. The Bertz CT molecular complexity index is 823. The number of carbonyl (C=O) groups excluding carboxylic acids is 1. The van der Waals surface area contributed by atoms with E-state index in [1.54, 1.807) is 12.1 Å². The first-order valence-electron chi connectivity index (χ1n) is 7.25. The molecule has 0 atom stereocenters. The molecule has 4 heteroatoms. The molecule has 0 unspecified atom stereocenters. The minimum absolute atomic E-state index is 0.126. The molecule has 1 aromatic heterocycles. The molecule has 0 aliphatic heterocycles. The molecule has 0 fully saturated rings. The molecule has 22 heavy (non-hydrogen) atoms. The van der Waals surface area contributed by atoms with Gasteiger partial charge in [-0.05, 0) is 37.1 Å². The van der Waals surface area contributed by atoms with Crippen LogP contribution in [0.25, 0.3) is 10.9 Å². The number of Topliss-reactive ketones (excluding diaryl/α,β-unsaturated/α-hetero) is 1. The first-order valence-corrected chi connectivity index (χ1v) is 7.25. The van der Waals surface area contributed by atoms with E-state index in [4.69, 9.17) is 0 Å². The number of aromatic amines is 1. The first kappa shape index (κ1) is 14.3. The minimum atomic E-state index is -0.482. The quantitative estimate of drug-likeness (QED) is 0.694. The van der Waals surface area contributed by atoms with Gasteiger partial charge in [-0.15, -0.1) is 0 Å². The van der Waals surface area contributed by atoms with Crippen molar-refractivity contribution in [3.63, 3.8) is 0 Å². The van der Waals surface area contributed by atoms with E-state index in [0.717, 1.165) is 11.9 Å². The van der Waals surface area contributed by atoms with Crippen molar-refractivity contribution in [2.45, 2.75) is 13.3 Å². The summed E-state index contributed by atoms with van der Waals surface area (Å²) in [5, 5.41) is 4.35. The Morgan fingerprint density at radius 1 is 1.18 bits per heavy atom. The minimum Gasteiger partial charge on any atom is -0.384 e. The van der Waals surface area contributed by atoms with Crippen LogP contribution in [0.4, 0.5) is 10.1 Å². The average Bonchev–Trinajstić information content (AvgIpc) is 2.90. The molecule has 0 aliphatic rings. The van der Waals surface area contributed by atoms with Crippen molar-refractivity contribution in [1.82, 2.24) is 4.98 Å². The van der Waals surface area contributed by atoms with Gasteiger partial charge >= 0.3 is 0 Å². The van der Waals surface area contributed by atoms with Crippen molar-refractivity contribution in [2.24, 2.45) is 0 Å². The highest BCUT2D eigenvalue weighted by Crippen LogP contribution is 2.21. The molecule has 3 nitrogen and oxygen atoms in total. The number of para-hydroxylation sites is 1. The number of rotatable bonds is 5. The van der Waals surface area contributed by atoms with E-state index in [-0.39, 0.29) is 11.3 Å². The highest BCUT2D eigenvalue weighted by atomic mass is 19.1. The van der Waals surface area contributed by atoms with E-state index < -0.39 is 5.82 Å². The predicted octanol–water partition coefficient (Wildman–Crippen LogP) is 4.16. The monoisotopic (exact) mass is 296 g/mol. The van der Waals surface area contributed by atoms with E-state index in [9.17, 15) is 9.18 Å². The third kappa shape index (κ3) is 2.72. The third-order valence-corrected chi connectivity index (χ3v) is 3.75. The fourth-order valence-corrected chi connectivity index (χ4v) is 2.70. The number of anilines is 1. The summed E-state index contributed by atoms with van der Waals surface area (Å²) in [6.45, 7) is 2.01. The lowest BCUT2D eigenvalue weighted by Crippen LogP contribution is -2.10. The van der Waals surface area contributed by atoms with E-state index in [2.05, 4.69) is 16.4 Å². The Labute approximate surface area is 128 Å². The maximum atomic E-state index is 13.7. The Morgan fingerprint density at radius 2 is 2.00 bits per heavy atom. The molecular formula is C18H17FN2O. The number of ketones is 1. The summed E-state index contributed by atoms with van der Waals surface area (Å²) in [7, 11) is 0. The largest absolute Gasteiger partial charge is 0.384 e. The van der Waals surface area contributed by atoms with Gasteiger partial charge in [-0.2, -0.15) is 0 Å². The molecule has 0 amide bonds. The van der Waals surface area contributed by atoms with Crippen LogP contribution in [-0.4, -0.2) is 17.3 Å². The zero-order valence-corrected chi connectivity index (χ0v) is 12.3. The topological polar surface area (TPSA) is 44.9 Å². The maximum absolute atomic E-state index is 13.7. The Kier molecular flexibility index (Phi) is 3.92. The Balaban J connectivity index is 1.74. The third-order valence-electron chi connectivity index (χ3n) is 3.75. The summed E-state index contributed by atoms with van der Waals surface area (Å²) in [4.78, 5) is 14.8. The van der Waals surface area contributed by atoms with E-state index in [1.165, 1.54) is 23.9 Å². The van der Waals surface area contributed by atoms with Crippen LogP contribution in [-0.2, 0) is 6.42 Å². The summed E-state index contributed by atoms with van der Waals surface area (Å²) >= 11 is 0. The molecule has 112 valence electrons.